The second-order valence-electron chi connectivity index (χ2n) is 8.02. The number of carbonyl (C=O) groups is 1. The molecule has 0 fully saturated rings. The zero-order chi connectivity index (χ0) is 24.9. The zero-order valence-corrected chi connectivity index (χ0v) is 19.3. The van der Waals surface area contributed by atoms with Crippen molar-refractivity contribution in [2.24, 2.45) is 0 Å². The van der Waals surface area contributed by atoms with Gasteiger partial charge in [-0.3, -0.25) is 9.59 Å². The Balaban J connectivity index is 1.38. The number of benzene rings is 3. The predicted octanol–water partition coefficient (Wildman–Crippen LogP) is 4.38. The molecule has 1 atom stereocenters. The lowest BCUT2D eigenvalue weighted by Crippen LogP contribution is -2.27. The van der Waals surface area contributed by atoms with Gasteiger partial charge in [0.1, 0.15) is 6.04 Å². The van der Waals surface area contributed by atoms with Crippen molar-refractivity contribution in [2.75, 3.05) is 10.6 Å². The van der Waals surface area contributed by atoms with Gasteiger partial charge in [-0.25, -0.2) is 0 Å². The summed E-state index contributed by atoms with van der Waals surface area (Å²) in [5.74, 6) is 0.674. The summed E-state index contributed by atoms with van der Waals surface area (Å²) in [4.78, 5) is 29.7. The summed E-state index contributed by atoms with van der Waals surface area (Å²) in [5.41, 5.74) is 3.24. The van der Waals surface area contributed by atoms with E-state index in [4.69, 9.17) is 4.52 Å². The Morgan fingerprint density at radius 2 is 1.72 bits per heavy atom. The smallest absolute Gasteiger partial charge is 0.271 e. The van der Waals surface area contributed by atoms with E-state index in [0.29, 0.717) is 28.8 Å². The van der Waals surface area contributed by atoms with Gasteiger partial charge < -0.3 is 15.2 Å². The van der Waals surface area contributed by atoms with Gasteiger partial charge in [-0.05, 0) is 48.0 Å². The molecular weight excluding hydrogens is 456 g/mol. The van der Waals surface area contributed by atoms with E-state index in [1.165, 1.54) is 10.7 Å². The van der Waals surface area contributed by atoms with Gasteiger partial charge in [0.15, 0.2) is 0 Å². The molecule has 0 saturated heterocycles. The molecule has 1 amide bonds. The normalized spacial score (nSPS) is 11.6. The SMILES string of the molecule is Cc1nc(-c2cccc(NC(=O)C(Nc3ccc(-n4ncccc4=O)cc3)c3ccccc3)c2)no1. The van der Waals surface area contributed by atoms with Gasteiger partial charge in [0.05, 0.1) is 5.69 Å². The van der Waals surface area contributed by atoms with Crippen LogP contribution in [0.25, 0.3) is 17.1 Å². The largest absolute Gasteiger partial charge is 0.370 e. The standard InChI is InChI=1S/C27H22N6O3/c1-18-29-26(32-36-18)20-9-5-10-22(17-20)31-27(35)25(19-7-3-2-4-8-19)30-21-12-14-23(15-13-21)33-24(34)11-6-16-28-33/h2-17,25,30H,1H3,(H,31,35). The highest BCUT2D eigenvalue weighted by atomic mass is 16.5. The van der Waals surface area contributed by atoms with Crippen LogP contribution in [0, 0.1) is 6.92 Å². The quantitative estimate of drug-likeness (QED) is 0.357. The van der Waals surface area contributed by atoms with Crippen molar-refractivity contribution in [1.82, 2.24) is 19.9 Å². The molecule has 178 valence electrons. The van der Waals surface area contributed by atoms with E-state index in [-0.39, 0.29) is 11.5 Å². The minimum absolute atomic E-state index is 0.224. The third-order valence-electron chi connectivity index (χ3n) is 5.45. The minimum Gasteiger partial charge on any atom is -0.370 e. The first-order valence-corrected chi connectivity index (χ1v) is 11.2. The summed E-state index contributed by atoms with van der Waals surface area (Å²) >= 11 is 0. The maximum absolute atomic E-state index is 13.4. The van der Waals surface area contributed by atoms with Crippen LogP contribution in [0.4, 0.5) is 11.4 Å². The Labute approximate surface area is 206 Å². The highest BCUT2D eigenvalue weighted by molar-refractivity contribution is 5.97. The Hall–Kier alpha value is -5.05. The number of carbonyl (C=O) groups excluding carboxylic acids is 1. The van der Waals surface area contributed by atoms with E-state index >= 15 is 0 Å². The molecule has 0 spiro atoms. The molecule has 5 aromatic rings. The zero-order valence-electron chi connectivity index (χ0n) is 19.3. The van der Waals surface area contributed by atoms with Crippen LogP contribution in [-0.4, -0.2) is 25.8 Å². The summed E-state index contributed by atoms with van der Waals surface area (Å²) in [6.45, 7) is 1.72. The van der Waals surface area contributed by atoms with Gasteiger partial charge in [0.25, 0.3) is 11.5 Å². The summed E-state index contributed by atoms with van der Waals surface area (Å²) in [5, 5.41) is 14.3. The lowest BCUT2D eigenvalue weighted by molar-refractivity contribution is -0.117. The molecule has 0 aliphatic rings. The highest BCUT2D eigenvalue weighted by Crippen LogP contribution is 2.24. The monoisotopic (exact) mass is 478 g/mol. The molecule has 2 N–H and O–H groups in total. The van der Waals surface area contributed by atoms with Gasteiger partial charge in [-0.1, -0.05) is 47.6 Å². The molecule has 0 aliphatic heterocycles. The maximum Gasteiger partial charge on any atom is 0.271 e. The minimum atomic E-state index is -0.675. The van der Waals surface area contributed by atoms with Gasteiger partial charge in [-0.2, -0.15) is 14.8 Å². The maximum atomic E-state index is 13.4. The molecular formula is C27H22N6O3. The number of hydrogen-bond donors (Lipinski definition) is 2. The van der Waals surface area contributed by atoms with Crippen LogP contribution >= 0.6 is 0 Å². The average Bonchev–Trinajstić information content (AvgIpc) is 3.35. The number of nitrogens with one attached hydrogen (secondary N) is 2. The summed E-state index contributed by atoms with van der Waals surface area (Å²) < 4.78 is 6.37. The first-order valence-electron chi connectivity index (χ1n) is 11.2. The van der Waals surface area contributed by atoms with Gasteiger partial charge in [0.2, 0.25) is 11.7 Å². The van der Waals surface area contributed by atoms with Crippen LogP contribution in [-0.2, 0) is 4.79 Å². The van der Waals surface area contributed by atoms with Gasteiger partial charge >= 0.3 is 0 Å². The fourth-order valence-electron chi connectivity index (χ4n) is 3.73. The van der Waals surface area contributed by atoms with E-state index < -0.39 is 6.04 Å². The topological polar surface area (TPSA) is 115 Å². The summed E-state index contributed by atoms with van der Waals surface area (Å²) in [7, 11) is 0. The molecule has 0 bridgehead atoms. The van der Waals surface area contributed by atoms with E-state index in [2.05, 4.69) is 25.9 Å². The van der Waals surface area contributed by atoms with Gasteiger partial charge in [-0.15, -0.1) is 0 Å². The molecule has 9 heteroatoms. The number of anilines is 2. The van der Waals surface area contributed by atoms with Crippen LogP contribution in [0.15, 0.2) is 107 Å². The molecule has 3 aromatic carbocycles. The number of amides is 1. The van der Waals surface area contributed by atoms with Crippen LogP contribution in [0.1, 0.15) is 17.5 Å². The van der Waals surface area contributed by atoms with Crippen LogP contribution in [0.3, 0.4) is 0 Å². The summed E-state index contributed by atoms with van der Waals surface area (Å²) in [6, 6.07) is 26.2. The van der Waals surface area contributed by atoms with Crippen LogP contribution < -0.4 is 16.2 Å². The molecule has 2 aromatic heterocycles. The van der Waals surface area contributed by atoms with E-state index in [9.17, 15) is 9.59 Å². The molecule has 0 aliphatic carbocycles. The van der Waals surface area contributed by atoms with Crippen LogP contribution in [0.5, 0.6) is 0 Å². The third-order valence-corrected chi connectivity index (χ3v) is 5.45. The Morgan fingerprint density at radius 1 is 0.917 bits per heavy atom. The number of rotatable bonds is 7. The van der Waals surface area contributed by atoms with Crippen molar-refractivity contribution in [2.45, 2.75) is 13.0 Å². The second kappa shape index (κ2) is 10.1. The van der Waals surface area contributed by atoms with Crippen molar-refractivity contribution >= 4 is 17.3 Å². The van der Waals surface area contributed by atoms with Crippen molar-refractivity contribution < 1.29 is 9.32 Å². The Morgan fingerprint density at radius 3 is 2.44 bits per heavy atom. The molecule has 0 saturated carbocycles. The molecule has 2 heterocycles. The fraction of sp³-hybridized carbons (Fsp3) is 0.0741. The molecule has 9 nitrogen and oxygen atoms in total. The molecule has 5 rings (SSSR count). The number of aromatic nitrogens is 4. The first-order chi connectivity index (χ1) is 17.6. The van der Waals surface area contributed by atoms with Gasteiger partial charge in [0, 0.05) is 36.1 Å². The number of nitrogens with zero attached hydrogens (tertiary/aromatic N) is 4. The Bertz CT molecular complexity index is 1540. The lowest BCUT2D eigenvalue weighted by Gasteiger charge is -2.20. The molecule has 0 radical (unpaired) electrons. The van der Waals surface area contributed by atoms with E-state index in [1.807, 2.05) is 42.5 Å². The lowest BCUT2D eigenvalue weighted by atomic mass is 10.1. The van der Waals surface area contributed by atoms with Crippen molar-refractivity contribution in [1.29, 1.82) is 0 Å². The summed E-state index contributed by atoms with van der Waals surface area (Å²) in [6.07, 6.45) is 1.55. The second-order valence-corrected chi connectivity index (χ2v) is 8.02. The van der Waals surface area contributed by atoms with Crippen LogP contribution in [0.2, 0.25) is 0 Å². The Kier molecular flexibility index (Phi) is 6.35. The van der Waals surface area contributed by atoms with Crippen molar-refractivity contribution in [3.63, 3.8) is 0 Å². The number of hydrogen-bond acceptors (Lipinski definition) is 7. The fourth-order valence-corrected chi connectivity index (χ4v) is 3.73. The first kappa shape index (κ1) is 22.7. The van der Waals surface area contributed by atoms with Crippen molar-refractivity contribution in [3.05, 3.63) is 119 Å². The highest BCUT2D eigenvalue weighted by Gasteiger charge is 2.21. The number of aryl methyl sites for hydroxylation is 1. The predicted molar refractivity (Wildman–Crippen MR) is 136 cm³/mol. The van der Waals surface area contributed by atoms with E-state index in [0.717, 1.165) is 11.1 Å². The van der Waals surface area contributed by atoms with E-state index in [1.54, 1.807) is 55.6 Å². The third kappa shape index (κ3) is 5.05. The molecule has 1 unspecified atom stereocenters. The van der Waals surface area contributed by atoms with Crippen molar-refractivity contribution in [3.8, 4) is 17.1 Å². The average molecular weight is 479 g/mol. The molecule has 36 heavy (non-hydrogen) atoms.